The first-order chi connectivity index (χ1) is 10.2. The van der Waals surface area contributed by atoms with Crippen molar-refractivity contribution in [3.8, 4) is 6.07 Å². The Bertz CT molecular complexity index is 533. The minimum Gasteiger partial charge on any atom is -0.314 e. The molecule has 0 aromatic heterocycles. The Kier molecular flexibility index (Phi) is 4.52. The number of benzene rings is 1. The predicted molar refractivity (Wildman–Crippen MR) is 80.1 cm³/mol. The van der Waals surface area contributed by atoms with Crippen LogP contribution in [0.4, 0.5) is 4.39 Å². The van der Waals surface area contributed by atoms with Crippen molar-refractivity contribution < 1.29 is 4.39 Å². The van der Waals surface area contributed by atoms with E-state index in [1.165, 1.54) is 31.7 Å². The minimum atomic E-state index is -0.312. The molecule has 1 aromatic rings. The van der Waals surface area contributed by atoms with E-state index in [2.05, 4.69) is 10.2 Å². The highest BCUT2D eigenvalue weighted by molar-refractivity contribution is 5.33. The Hall–Kier alpha value is -1.44. The molecule has 1 aliphatic heterocycles. The highest BCUT2D eigenvalue weighted by Gasteiger charge is 2.24. The van der Waals surface area contributed by atoms with Gasteiger partial charge in [-0.05, 0) is 68.5 Å². The number of hydrogen-bond acceptors (Lipinski definition) is 3. The molecule has 1 N–H and O–H groups in total. The monoisotopic (exact) mass is 287 g/mol. The SMILES string of the molecule is N#Cc1cc(F)cc(CN2CCCC(CNC3CC3)C2)c1. The van der Waals surface area contributed by atoms with Crippen molar-refractivity contribution in [1.29, 1.82) is 5.26 Å². The van der Waals surface area contributed by atoms with E-state index in [0.29, 0.717) is 11.5 Å². The molecule has 0 radical (unpaired) electrons. The minimum absolute atomic E-state index is 0.312. The number of nitriles is 1. The third kappa shape index (κ3) is 4.26. The zero-order valence-corrected chi connectivity index (χ0v) is 12.3. The lowest BCUT2D eigenvalue weighted by Gasteiger charge is -2.33. The van der Waals surface area contributed by atoms with Gasteiger partial charge >= 0.3 is 0 Å². The molecule has 1 atom stereocenters. The molecule has 1 heterocycles. The van der Waals surface area contributed by atoms with E-state index in [1.54, 1.807) is 12.1 Å². The average molecular weight is 287 g/mol. The quantitative estimate of drug-likeness (QED) is 0.905. The zero-order chi connectivity index (χ0) is 14.7. The lowest BCUT2D eigenvalue weighted by molar-refractivity contribution is 0.165. The molecule has 21 heavy (non-hydrogen) atoms. The smallest absolute Gasteiger partial charge is 0.124 e. The van der Waals surface area contributed by atoms with Crippen molar-refractivity contribution in [2.75, 3.05) is 19.6 Å². The van der Waals surface area contributed by atoms with Crippen LogP contribution >= 0.6 is 0 Å². The molecule has 1 aliphatic carbocycles. The first-order valence-corrected chi connectivity index (χ1v) is 7.88. The van der Waals surface area contributed by atoms with Crippen LogP contribution in [0.15, 0.2) is 18.2 Å². The number of hydrogen-bond donors (Lipinski definition) is 1. The molecule has 1 unspecified atom stereocenters. The normalized spacial score (nSPS) is 23.0. The largest absolute Gasteiger partial charge is 0.314 e. The third-order valence-electron chi connectivity index (χ3n) is 4.37. The maximum absolute atomic E-state index is 13.5. The van der Waals surface area contributed by atoms with E-state index in [4.69, 9.17) is 5.26 Å². The van der Waals surface area contributed by atoms with Crippen LogP contribution in [0.3, 0.4) is 0 Å². The van der Waals surface area contributed by atoms with E-state index >= 15 is 0 Å². The Labute approximate surface area is 125 Å². The first-order valence-electron chi connectivity index (χ1n) is 7.88. The van der Waals surface area contributed by atoms with Gasteiger partial charge in [0.05, 0.1) is 11.6 Å². The van der Waals surface area contributed by atoms with E-state index in [-0.39, 0.29) is 5.82 Å². The van der Waals surface area contributed by atoms with Gasteiger partial charge in [-0.15, -0.1) is 0 Å². The molecule has 2 aliphatic rings. The molecule has 0 bridgehead atoms. The summed E-state index contributed by atoms with van der Waals surface area (Å²) in [6, 6.07) is 7.43. The fourth-order valence-corrected chi connectivity index (χ4v) is 3.15. The van der Waals surface area contributed by atoms with E-state index in [1.807, 2.05) is 6.07 Å². The van der Waals surface area contributed by atoms with Gasteiger partial charge in [0.25, 0.3) is 0 Å². The number of likely N-dealkylation sites (tertiary alicyclic amines) is 1. The highest BCUT2D eigenvalue weighted by atomic mass is 19.1. The van der Waals surface area contributed by atoms with Crippen molar-refractivity contribution in [1.82, 2.24) is 10.2 Å². The second kappa shape index (κ2) is 6.55. The van der Waals surface area contributed by atoms with E-state index in [0.717, 1.165) is 37.8 Å². The van der Waals surface area contributed by atoms with E-state index < -0.39 is 0 Å². The van der Waals surface area contributed by atoms with Crippen LogP contribution in [0.5, 0.6) is 0 Å². The number of piperidine rings is 1. The third-order valence-corrected chi connectivity index (χ3v) is 4.37. The molecule has 2 fully saturated rings. The zero-order valence-electron chi connectivity index (χ0n) is 12.3. The number of nitrogens with one attached hydrogen (secondary N) is 1. The molecule has 3 nitrogen and oxygen atoms in total. The van der Waals surface area contributed by atoms with Gasteiger partial charge in [0.2, 0.25) is 0 Å². The molecule has 1 saturated heterocycles. The van der Waals surface area contributed by atoms with Crippen LogP contribution < -0.4 is 5.32 Å². The second-order valence-corrected chi connectivity index (χ2v) is 6.39. The summed E-state index contributed by atoms with van der Waals surface area (Å²) < 4.78 is 13.5. The molecular weight excluding hydrogens is 265 g/mol. The average Bonchev–Trinajstić information content (AvgIpc) is 3.29. The van der Waals surface area contributed by atoms with Crippen molar-refractivity contribution in [3.05, 3.63) is 35.1 Å². The summed E-state index contributed by atoms with van der Waals surface area (Å²) in [6.07, 6.45) is 5.15. The van der Waals surface area contributed by atoms with Gasteiger partial charge in [0, 0.05) is 19.1 Å². The maximum Gasteiger partial charge on any atom is 0.124 e. The maximum atomic E-state index is 13.5. The van der Waals surface area contributed by atoms with Gasteiger partial charge in [0.1, 0.15) is 5.82 Å². The molecule has 1 aromatic carbocycles. The van der Waals surface area contributed by atoms with Crippen molar-refractivity contribution in [3.63, 3.8) is 0 Å². The Balaban J connectivity index is 1.56. The van der Waals surface area contributed by atoms with Crippen LogP contribution in [-0.2, 0) is 6.54 Å². The Morgan fingerprint density at radius 3 is 2.90 bits per heavy atom. The van der Waals surface area contributed by atoms with Gasteiger partial charge in [-0.25, -0.2) is 4.39 Å². The molecule has 0 spiro atoms. The van der Waals surface area contributed by atoms with Crippen LogP contribution in [0.1, 0.15) is 36.8 Å². The standard InChI is InChI=1S/C17H22FN3/c18-16-7-14(9-19)6-15(8-16)12-21-5-1-2-13(11-21)10-20-17-3-4-17/h6-8,13,17,20H,1-5,10-12H2. The molecule has 1 saturated carbocycles. The van der Waals surface area contributed by atoms with Crippen molar-refractivity contribution in [2.45, 2.75) is 38.3 Å². The van der Waals surface area contributed by atoms with Crippen LogP contribution in [0, 0.1) is 23.1 Å². The molecule has 0 amide bonds. The first kappa shape index (κ1) is 14.5. The topological polar surface area (TPSA) is 39.1 Å². The summed E-state index contributed by atoms with van der Waals surface area (Å²) in [4.78, 5) is 2.39. The Morgan fingerprint density at radius 2 is 2.14 bits per heavy atom. The van der Waals surface area contributed by atoms with Gasteiger partial charge in [-0.1, -0.05) is 0 Å². The highest BCUT2D eigenvalue weighted by Crippen LogP contribution is 2.22. The number of nitrogens with zero attached hydrogens (tertiary/aromatic N) is 2. The Morgan fingerprint density at radius 1 is 1.29 bits per heavy atom. The van der Waals surface area contributed by atoms with Gasteiger partial charge in [-0.3, -0.25) is 4.90 Å². The van der Waals surface area contributed by atoms with Crippen LogP contribution in [0.2, 0.25) is 0 Å². The fraction of sp³-hybridized carbons (Fsp3) is 0.588. The lowest BCUT2D eigenvalue weighted by atomic mass is 9.97. The summed E-state index contributed by atoms with van der Waals surface area (Å²) in [5.41, 5.74) is 1.32. The second-order valence-electron chi connectivity index (χ2n) is 6.39. The molecule has 3 rings (SSSR count). The summed E-state index contributed by atoms with van der Waals surface area (Å²) in [6.45, 7) is 3.98. The molecular formula is C17H22FN3. The van der Waals surface area contributed by atoms with Gasteiger partial charge in [-0.2, -0.15) is 5.26 Å². The molecule has 112 valence electrons. The number of halogens is 1. The van der Waals surface area contributed by atoms with Crippen molar-refractivity contribution >= 4 is 0 Å². The predicted octanol–water partition coefficient (Wildman–Crippen LogP) is 2.66. The summed E-state index contributed by atoms with van der Waals surface area (Å²) >= 11 is 0. The van der Waals surface area contributed by atoms with Gasteiger partial charge in [0.15, 0.2) is 0 Å². The van der Waals surface area contributed by atoms with E-state index in [9.17, 15) is 4.39 Å². The van der Waals surface area contributed by atoms with Crippen molar-refractivity contribution in [2.24, 2.45) is 5.92 Å². The fourth-order valence-electron chi connectivity index (χ4n) is 3.15. The van der Waals surface area contributed by atoms with Crippen LogP contribution in [0.25, 0.3) is 0 Å². The van der Waals surface area contributed by atoms with Gasteiger partial charge < -0.3 is 5.32 Å². The molecule has 4 heteroatoms. The summed E-state index contributed by atoms with van der Waals surface area (Å²) in [5, 5.41) is 12.5. The summed E-state index contributed by atoms with van der Waals surface area (Å²) in [7, 11) is 0. The number of rotatable bonds is 5. The van der Waals surface area contributed by atoms with Crippen LogP contribution in [-0.4, -0.2) is 30.6 Å². The summed E-state index contributed by atoms with van der Waals surface area (Å²) in [5.74, 6) is 0.386. The lowest BCUT2D eigenvalue weighted by Crippen LogP contribution is -2.39.